The van der Waals surface area contributed by atoms with E-state index in [1.807, 2.05) is 19.0 Å². The van der Waals surface area contributed by atoms with Crippen molar-refractivity contribution in [2.75, 3.05) is 43.9 Å². The van der Waals surface area contributed by atoms with Crippen LogP contribution in [-0.2, 0) is 0 Å². The molecule has 0 radical (unpaired) electrons. The number of likely N-dealkylation sites (tertiary alicyclic amines) is 1. The second-order valence-electron chi connectivity index (χ2n) is 7.48. The van der Waals surface area contributed by atoms with E-state index in [1.54, 1.807) is 0 Å². The van der Waals surface area contributed by atoms with Gasteiger partial charge < -0.3 is 15.1 Å². The van der Waals surface area contributed by atoms with Gasteiger partial charge in [-0.05, 0) is 18.8 Å². The lowest BCUT2D eigenvalue weighted by Crippen LogP contribution is -2.41. The molecule has 0 atom stereocenters. The summed E-state index contributed by atoms with van der Waals surface area (Å²) < 4.78 is 0. The number of rotatable bonds is 6. The Bertz CT molecular complexity index is 466. The van der Waals surface area contributed by atoms with Crippen molar-refractivity contribution in [1.82, 2.24) is 19.9 Å². The molecule has 0 amide bonds. The van der Waals surface area contributed by atoms with Crippen LogP contribution >= 0.6 is 0 Å². The smallest absolute Gasteiger partial charge is 0.229 e. The Morgan fingerprint density at radius 1 is 1.09 bits per heavy atom. The molecule has 130 valence electrons. The van der Waals surface area contributed by atoms with Crippen LogP contribution in [0.25, 0.3) is 0 Å². The van der Waals surface area contributed by atoms with E-state index < -0.39 is 0 Å². The second kappa shape index (κ2) is 7.90. The summed E-state index contributed by atoms with van der Waals surface area (Å²) in [6.07, 6.45) is 2.29. The van der Waals surface area contributed by atoms with Crippen molar-refractivity contribution < 1.29 is 0 Å². The van der Waals surface area contributed by atoms with Gasteiger partial charge >= 0.3 is 0 Å². The molecular weight excluding hydrogens is 288 g/mol. The van der Waals surface area contributed by atoms with Gasteiger partial charge in [0.2, 0.25) is 11.9 Å². The lowest BCUT2D eigenvalue weighted by atomic mass is 10.0. The van der Waals surface area contributed by atoms with Crippen molar-refractivity contribution in [3.8, 4) is 0 Å². The summed E-state index contributed by atoms with van der Waals surface area (Å²) in [6, 6.07) is 0.454. The van der Waals surface area contributed by atoms with Crippen molar-refractivity contribution in [2.45, 2.75) is 52.5 Å². The Morgan fingerprint density at radius 3 is 2.26 bits per heavy atom. The summed E-state index contributed by atoms with van der Waals surface area (Å²) in [5, 5.41) is 3.53. The number of hydrogen-bond donors (Lipinski definition) is 1. The van der Waals surface area contributed by atoms with Crippen LogP contribution in [0.3, 0.4) is 0 Å². The van der Waals surface area contributed by atoms with Gasteiger partial charge in [-0.25, -0.2) is 0 Å². The maximum Gasteiger partial charge on any atom is 0.229 e. The summed E-state index contributed by atoms with van der Waals surface area (Å²) >= 11 is 0. The number of nitrogens with zero attached hydrogens (tertiary/aromatic N) is 5. The molecule has 1 fully saturated rings. The summed E-state index contributed by atoms with van der Waals surface area (Å²) in [5.41, 5.74) is 0. The Balaban J connectivity index is 2.00. The van der Waals surface area contributed by atoms with Crippen LogP contribution in [0.15, 0.2) is 0 Å². The number of aromatic nitrogens is 3. The first kappa shape index (κ1) is 17.9. The van der Waals surface area contributed by atoms with Gasteiger partial charge in [0.25, 0.3) is 0 Å². The van der Waals surface area contributed by atoms with Crippen molar-refractivity contribution in [3.05, 3.63) is 5.82 Å². The molecule has 0 aliphatic carbocycles. The van der Waals surface area contributed by atoms with E-state index in [9.17, 15) is 0 Å². The minimum Gasteiger partial charge on any atom is -0.351 e. The summed E-state index contributed by atoms with van der Waals surface area (Å²) in [6.45, 7) is 12.3. The van der Waals surface area contributed by atoms with E-state index in [4.69, 9.17) is 0 Å². The van der Waals surface area contributed by atoms with Crippen LogP contribution in [0.4, 0.5) is 11.9 Å². The first-order chi connectivity index (χ1) is 10.8. The van der Waals surface area contributed by atoms with Crippen molar-refractivity contribution in [3.63, 3.8) is 0 Å². The Hall–Kier alpha value is -1.43. The zero-order valence-electron chi connectivity index (χ0n) is 15.5. The highest BCUT2D eigenvalue weighted by Gasteiger charge is 2.21. The van der Waals surface area contributed by atoms with Gasteiger partial charge in [0.05, 0.1) is 0 Å². The molecule has 1 aliphatic heterocycles. The molecule has 1 aromatic heterocycles. The van der Waals surface area contributed by atoms with Crippen LogP contribution < -0.4 is 10.2 Å². The summed E-state index contributed by atoms with van der Waals surface area (Å²) in [5.74, 6) is 3.33. The third-order valence-corrected chi connectivity index (χ3v) is 4.10. The monoisotopic (exact) mass is 320 g/mol. The van der Waals surface area contributed by atoms with Gasteiger partial charge in [0.15, 0.2) is 0 Å². The van der Waals surface area contributed by atoms with E-state index in [0.29, 0.717) is 12.0 Å². The molecule has 6 nitrogen and oxygen atoms in total. The van der Waals surface area contributed by atoms with E-state index in [2.05, 4.69) is 52.9 Å². The molecular formula is C17H32N6. The zero-order valence-corrected chi connectivity index (χ0v) is 15.5. The second-order valence-corrected chi connectivity index (χ2v) is 7.48. The molecule has 2 rings (SSSR count). The normalized spacial score (nSPS) is 17.0. The van der Waals surface area contributed by atoms with E-state index in [0.717, 1.165) is 49.6 Å². The third-order valence-electron chi connectivity index (χ3n) is 4.10. The molecule has 0 unspecified atom stereocenters. The number of hydrogen-bond acceptors (Lipinski definition) is 6. The van der Waals surface area contributed by atoms with E-state index >= 15 is 0 Å². The Morgan fingerprint density at radius 2 is 1.74 bits per heavy atom. The predicted octanol–water partition coefficient (Wildman–Crippen LogP) is 2.59. The largest absolute Gasteiger partial charge is 0.351 e. The average molecular weight is 320 g/mol. The first-order valence-electron chi connectivity index (χ1n) is 8.77. The molecule has 23 heavy (non-hydrogen) atoms. The van der Waals surface area contributed by atoms with Crippen molar-refractivity contribution in [2.24, 2.45) is 5.92 Å². The minimum absolute atomic E-state index is 0.296. The van der Waals surface area contributed by atoms with Crippen LogP contribution in [0.1, 0.15) is 52.3 Å². The predicted molar refractivity (Wildman–Crippen MR) is 96.2 cm³/mol. The topological polar surface area (TPSA) is 57.2 Å². The van der Waals surface area contributed by atoms with E-state index in [-0.39, 0.29) is 0 Å². The molecule has 2 heterocycles. The quantitative estimate of drug-likeness (QED) is 0.869. The molecule has 0 saturated carbocycles. The van der Waals surface area contributed by atoms with Gasteiger partial charge in [0.1, 0.15) is 5.82 Å². The highest BCUT2D eigenvalue weighted by Crippen LogP contribution is 2.19. The summed E-state index contributed by atoms with van der Waals surface area (Å²) in [7, 11) is 3.93. The standard InChI is InChI=1S/C17H32N6/c1-12(2)11-23-9-7-14(8-10-23)18-16-19-15(13(3)4)20-17(21-16)22(5)6/h12-14H,7-11H2,1-6H3,(H,18,19,20,21). The molecule has 1 aromatic rings. The fraction of sp³-hybridized carbons (Fsp3) is 0.824. The summed E-state index contributed by atoms with van der Waals surface area (Å²) in [4.78, 5) is 18.2. The average Bonchev–Trinajstić information content (AvgIpc) is 2.48. The minimum atomic E-state index is 0.296. The number of nitrogens with one attached hydrogen (secondary N) is 1. The molecule has 1 N–H and O–H groups in total. The molecule has 6 heteroatoms. The van der Waals surface area contributed by atoms with Crippen molar-refractivity contribution >= 4 is 11.9 Å². The van der Waals surface area contributed by atoms with Gasteiger partial charge in [-0.3, -0.25) is 0 Å². The van der Waals surface area contributed by atoms with Gasteiger partial charge in [-0.1, -0.05) is 27.7 Å². The molecule has 0 aromatic carbocycles. The highest BCUT2D eigenvalue weighted by molar-refractivity contribution is 5.37. The van der Waals surface area contributed by atoms with Crippen LogP contribution in [0, 0.1) is 5.92 Å². The Labute approximate surface area is 140 Å². The fourth-order valence-corrected chi connectivity index (χ4v) is 2.86. The molecule has 0 spiro atoms. The fourth-order valence-electron chi connectivity index (χ4n) is 2.86. The SMILES string of the molecule is CC(C)CN1CCC(Nc2nc(C(C)C)nc(N(C)C)n2)CC1. The van der Waals surface area contributed by atoms with E-state index in [1.165, 1.54) is 6.54 Å². The van der Waals surface area contributed by atoms with Crippen LogP contribution in [0.5, 0.6) is 0 Å². The van der Waals surface area contributed by atoms with Gasteiger partial charge in [-0.2, -0.15) is 15.0 Å². The van der Waals surface area contributed by atoms with Crippen LogP contribution in [-0.4, -0.2) is 59.6 Å². The number of anilines is 2. The molecule has 0 bridgehead atoms. The zero-order chi connectivity index (χ0) is 17.0. The van der Waals surface area contributed by atoms with Crippen molar-refractivity contribution in [1.29, 1.82) is 0 Å². The van der Waals surface area contributed by atoms with Crippen LogP contribution in [0.2, 0.25) is 0 Å². The first-order valence-corrected chi connectivity index (χ1v) is 8.77. The maximum absolute atomic E-state index is 4.60. The van der Waals surface area contributed by atoms with Gasteiger partial charge in [-0.15, -0.1) is 0 Å². The van der Waals surface area contributed by atoms with Gasteiger partial charge in [0, 0.05) is 45.7 Å². The number of piperidine rings is 1. The lowest BCUT2D eigenvalue weighted by molar-refractivity contribution is 0.197. The lowest BCUT2D eigenvalue weighted by Gasteiger charge is -2.33. The highest BCUT2D eigenvalue weighted by atomic mass is 15.3. The molecule has 1 saturated heterocycles. The third kappa shape index (κ3) is 5.30. The molecule has 1 aliphatic rings. The Kier molecular flexibility index (Phi) is 6.16. The maximum atomic E-state index is 4.60.